The summed E-state index contributed by atoms with van der Waals surface area (Å²) in [6.07, 6.45) is 0.369. The molecule has 4 aromatic rings. The molecule has 4 rings (SSSR count). The zero-order valence-corrected chi connectivity index (χ0v) is 26.7. The summed E-state index contributed by atoms with van der Waals surface area (Å²) in [5, 5.41) is 59.9. The molecule has 0 radical (unpaired) electrons. The van der Waals surface area contributed by atoms with Crippen LogP contribution in [0.3, 0.4) is 0 Å². The molecule has 0 aromatic heterocycles. The number of fused-ring (bicyclic) bond motifs is 2. The number of benzene rings is 4. The Balaban J connectivity index is 0.000000273. The average molecular weight is 696 g/mol. The molecular weight excluding hydrogens is 666 g/mol. The molecule has 0 unspecified atom stereocenters. The van der Waals surface area contributed by atoms with Gasteiger partial charge in [-0.2, -0.15) is 0 Å². The van der Waals surface area contributed by atoms with Crippen molar-refractivity contribution < 1.29 is 83.3 Å². The maximum absolute atomic E-state index is 11.0. The predicted octanol–water partition coefficient (Wildman–Crippen LogP) is 3.29. The molecule has 0 aliphatic rings. The average Bonchev–Trinajstić information content (AvgIpc) is 2.99. The Morgan fingerprint density at radius 3 is 1.31 bits per heavy atom. The van der Waals surface area contributed by atoms with E-state index >= 15 is 0 Å². The summed E-state index contributed by atoms with van der Waals surface area (Å²) < 4.78 is 22.4. The number of phenolic OH excluding ortho intramolecular Hbond substituents is 2. The van der Waals surface area contributed by atoms with Gasteiger partial charge in [0, 0.05) is 23.6 Å². The summed E-state index contributed by atoms with van der Waals surface area (Å²) >= 11 is -2.61. The Morgan fingerprint density at radius 1 is 0.667 bits per heavy atom. The number of carboxylic acid groups (broad SMARTS) is 2. The second-order valence-electron chi connectivity index (χ2n) is 9.27. The van der Waals surface area contributed by atoms with Crippen molar-refractivity contribution in [1.29, 1.82) is 0 Å². The topological polar surface area (TPSA) is 224 Å². The van der Waals surface area contributed by atoms with Gasteiger partial charge in [0.25, 0.3) is 0 Å². The van der Waals surface area contributed by atoms with E-state index in [9.17, 15) is 37.4 Å². The molecule has 45 heavy (non-hydrogen) atoms. The third kappa shape index (κ3) is 11.1. The second-order valence-corrected chi connectivity index (χ2v) is 11.0. The van der Waals surface area contributed by atoms with Crippen molar-refractivity contribution in [3.05, 3.63) is 83.9 Å². The van der Waals surface area contributed by atoms with Crippen LogP contribution in [-0.4, -0.2) is 79.3 Å². The Labute approximate surface area is 271 Å². The first-order valence-electron chi connectivity index (χ1n) is 13.0. The number of aliphatic hydroxyl groups excluding tert-OH is 2. The van der Waals surface area contributed by atoms with E-state index in [0.29, 0.717) is 11.1 Å². The normalized spacial score (nSPS) is 13.6. The van der Waals surface area contributed by atoms with Crippen molar-refractivity contribution in [2.75, 3.05) is 0 Å². The number of carboxylic acids is 2. The fourth-order valence-electron chi connectivity index (χ4n) is 3.95. The summed E-state index contributed by atoms with van der Waals surface area (Å²) in [7, 11) is 0. The first-order valence-corrected chi connectivity index (χ1v) is 15.3. The number of carbonyl (C=O) groups is 2. The van der Waals surface area contributed by atoms with Crippen LogP contribution in [0.25, 0.3) is 21.5 Å². The van der Waals surface area contributed by atoms with E-state index in [1.165, 1.54) is 38.4 Å². The Bertz CT molecular complexity index is 1570. The third-order valence-electron chi connectivity index (χ3n) is 6.11. The molecule has 0 heterocycles. The van der Waals surface area contributed by atoms with Gasteiger partial charge < -0.3 is 30.6 Å². The zero-order chi connectivity index (χ0) is 33.5. The van der Waals surface area contributed by atoms with Crippen LogP contribution < -0.4 is 0 Å². The first kappa shape index (κ1) is 37.1. The molecule has 0 aliphatic heterocycles. The van der Waals surface area contributed by atoms with Crippen LogP contribution in [-0.2, 0) is 52.7 Å². The van der Waals surface area contributed by atoms with Gasteiger partial charge in [0.2, 0.25) is 0 Å². The van der Waals surface area contributed by atoms with Crippen LogP contribution in [0.5, 0.6) is 11.5 Å². The summed E-state index contributed by atoms with van der Waals surface area (Å²) in [5.74, 6) is -2.39. The number of aliphatic carboxylic acids is 2. The Kier molecular flexibility index (Phi) is 15.4. The van der Waals surface area contributed by atoms with Crippen LogP contribution in [0, 0.1) is 0 Å². The van der Waals surface area contributed by atoms with Crippen LogP contribution in [0.15, 0.2) is 82.8 Å². The van der Waals surface area contributed by atoms with Crippen molar-refractivity contribution >= 4 is 45.9 Å². The number of aromatic hydroxyl groups is 2. The number of hydrogen-bond donors (Lipinski definition) is 6. The monoisotopic (exact) mass is 696 g/mol. The molecule has 0 saturated heterocycles. The number of aliphatic hydroxyl groups is 2. The minimum absolute atomic E-state index is 0.0159. The van der Waals surface area contributed by atoms with Gasteiger partial charge in [0.1, 0.15) is 11.5 Å². The van der Waals surface area contributed by atoms with E-state index < -0.39 is 69.4 Å². The first-order chi connectivity index (χ1) is 21.4. The van der Waals surface area contributed by atoms with E-state index in [2.05, 4.69) is 12.6 Å². The Morgan fingerprint density at radius 2 is 1.02 bits per heavy atom. The Hall–Kier alpha value is -4.07. The number of phenols is 2. The summed E-state index contributed by atoms with van der Waals surface area (Å²) in [5.41, 5.74) is 0.880. The fraction of sp³-hybridized carbons (Fsp3) is 0.200. The number of hydrogen-bond acceptors (Lipinski definition) is 11. The van der Waals surface area contributed by atoms with Gasteiger partial charge in [-0.3, -0.25) is 9.98 Å². The molecular formula is C30H30N2O11V2. The van der Waals surface area contributed by atoms with Gasteiger partial charge in [0.15, 0.2) is 12.1 Å². The van der Waals surface area contributed by atoms with Gasteiger partial charge in [0.05, 0.1) is 12.2 Å². The minimum atomic E-state index is -1.30. The molecule has 4 aromatic carbocycles. The van der Waals surface area contributed by atoms with Crippen molar-refractivity contribution in [1.82, 2.24) is 0 Å². The van der Waals surface area contributed by atoms with Gasteiger partial charge in [-0.25, -0.2) is 9.59 Å². The second kappa shape index (κ2) is 18.7. The van der Waals surface area contributed by atoms with Crippen LogP contribution in [0.4, 0.5) is 0 Å². The SMILES string of the molecule is C[C@@H](O)[C@H](N=Cc1c(O)ccc2ccccc12)C(=O)O.C[C@@H](O)[C@H](N=Cc1c(O)ccc2ccccc12)C(=O)O.[O]=[V][O][V]=[O]. The standard InChI is InChI=1S/2C15H15NO4.3O.2V/c2*1-9(17)14(15(19)20)16-8-12-11-5-3-2-4-10(11)6-7-13(12)18;;;;;/h2*2-9,14,17-18H,1H3,(H,19,20);;;;;/t2*9-,14+;;;;;/m11...../s1. The van der Waals surface area contributed by atoms with Gasteiger partial charge in [-0.1, -0.05) is 60.7 Å². The van der Waals surface area contributed by atoms with Gasteiger partial charge >= 0.3 is 55.0 Å². The van der Waals surface area contributed by atoms with Crippen molar-refractivity contribution in [2.45, 2.75) is 38.1 Å². The third-order valence-corrected chi connectivity index (χ3v) is 7.18. The molecule has 0 amide bonds. The van der Waals surface area contributed by atoms with E-state index in [1.807, 2.05) is 48.5 Å². The van der Waals surface area contributed by atoms with Crippen molar-refractivity contribution in [3.8, 4) is 11.5 Å². The van der Waals surface area contributed by atoms with E-state index in [0.717, 1.165) is 21.5 Å². The zero-order valence-electron chi connectivity index (χ0n) is 23.9. The molecule has 0 spiro atoms. The fourth-order valence-corrected chi connectivity index (χ4v) is 4.17. The molecule has 0 fully saturated rings. The van der Waals surface area contributed by atoms with Gasteiger partial charge in [-0.15, -0.1) is 0 Å². The van der Waals surface area contributed by atoms with E-state index in [-0.39, 0.29) is 11.5 Å². The number of aliphatic imine (C=N–C) groups is 2. The van der Waals surface area contributed by atoms with Crippen molar-refractivity contribution in [2.24, 2.45) is 9.98 Å². The summed E-state index contributed by atoms with van der Waals surface area (Å²) in [4.78, 5) is 29.7. The summed E-state index contributed by atoms with van der Waals surface area (Å²) in [6.45, 7) is 2.72. The molecule has 15 heteroatoms. The number of nitrogens with zero attached hydrogens (tertiary/aromatic N) is 2. The van der Waals surface area contributed by atoms with Gasteiger partial charge in [-0.05, 0) is 47.5 Å². The molecule has 13 nitrogen and oxygen atoms in total. The molecule has 0 saturated carbocycles. The maximum atomic E-state index is 11.0. The number of rotatable bonds is 10. The van der Waals surface area contributed by atoms with E-state index in [4.69, 9.17) is 10.2 Å². The molecule has 6 N–H and O–H groups in total. The van der Waals surface area contributed by atoms with Crippen LogP contribution in [0.2, 0.25) is 0 Å². The molecule has 0 bridgehead atoms. The predicted molar refractivity (Wildman–Crippen MR) is 155 cm³/mol. The van der Waals surface area contributed by atoms with Crippen LogP contribution in [0.1, 0.15) is 25.0 Å². The molecule has 4 atom stereocenters. The summed E-state index contributed by atoms with van der Waals surface area (Å²) in [6, 6.07) is 18.9. The van der Waals surface area contributed by atoms with Crippen LogP contribution >= 0.6 is 0 Å². The van der Waals surface area contributed by atoms with Crippen molar-refractivity contribution in [3.63, 3.8) is 0 Å². The quantitative estimate of drug-likeness (QED) is 0.132. The molecule has 0 aliphatic carbocycles. The molecule has 236 valence electrons. The van der Waals surface area contributed by atoms with E-state index in [1.54, 1.807) is 12.1 Å².